The van der Waals surface area contributed by atoms with Crippen LogP contribution in [0.25, 0.3) is 0 Å². The number of halogens is 3. The second kappa shape index (κ2) is 9.66. The number of nitrogens with zero attached hydrogens (tertiary/aromatic N) is 1. The van der Waals surface area contributed by atoms with Crippen molar-refractivity contribution >= 4 is 21.6 Å². The van der Waals surface area contributed by atoms with E-state index in [0.717, 1.165) is 24.0 Å². The number of nitrogens with one attached hydrogen (secondary N) is 1. The van der Waals surface area contributed by atoms with Crippen molar-refractivity contribution in [1.82, 2.24) is 5.32 Å². The van der Waals surface area contributed by atoms with Gasteiger partial charge >= 0.3 is 6.18 Å². The number of alkyl halides is 3. The summed E-state index contributed by atoms with van der Waals surface area (Å²) in [4.78, 5) is 12.4. The lowest BCUT2D eigenvalue weighted by molar-refractivity contribution is -0.137. The molecule has 1 amide bonds. The van der Waals surface area contributed by atoms with Gasteiger partial charge in [0.25, 0.3) is 5.91 Å². The van der Waals surface area contributed by atoms with E-state index in [1.165, 1.54) is 16.4 Å². The van der Waals surface area contributed by atoms with Gasteiger partial charge in [0, 0.05) is 12.1 Å². The molecule has 174 valence electrons. The van der Waals surface area contributed by atoms with Gasteiger partial charge in [0.2, 0.25) is 10.0 Å². The van der Waals surface area contributed by atoms with Gasteiger partial charge in [-0.1, -0.05) is 36.4 Å². The molecule has 3 rings (SSSR count). The van der Waals surface area contributed by atoms with Gasteiger partial charge in [-0.3, -0.25) is 9.10 Å². The molecule has 9 heteroatoms. The van der Waals surface area contributed by atoms with Crippen molar-refractivity contribution in [3.05, 3.63) is 101 Å². The lowest BCUT2D eigenvalue weighted by Crippen LogP contribution is -2.29. The molecule has 0 saturated carbocycles. The minimum absolute atomic E-state index is 0.0558. The Hall–Kier alpha value is -3.33. The molecule has 0 saturated heterocycles. The topological polar surface area (TPSA) is 66.5 Å². The summed E-state index contributed by atoms with van der Waals surface area (Å²) in [6.45, 7) is 1.91. The van der Waals surface area contributed by atoms with Crippen LogP contribution in [-0.2, 0) is 29.3 Å². The maximum absolute atomic E-state index is 12.8. The Morgan fingerprint density at radius 1 is 0.939 bits per heavy atom. The summed E-state index contributed by atoms with van der Waals surface area (Å²) in [6.07, 6.45) is -3.32. The summed E-state index contributed by atoms with van der Waals surface area (Å²) >= 11 is 0. The molecular formula is C24H23F3N2O3S. The molecular weight excluding hydrogens is 453 g/mol. The minimum atomic E-state index is -4.45. The third-order valence-electron chi connectivity index (χ3n) is 4.94. The average Bonchev–Trinajstić information content (AvgIpc) is 2.75. The van der Waals surface area contributed by atoms with E-state index in [1.54, 1.807) is 42.5 Å². The number of aryl methyl sites for hydroxylation is 1. The lowest BCUT2D eigenvalue weighted by atomic mass is 10.1. The number of amides is 1. The highest BCUT2D eigenvalue weighted by molar-refractivity contribution is 7.92. The van der Waals surface area contributed by atoms with Crippen LogP contribution in [0.15, 0.2) is 72.8 Å². The smallest absolute Gasteiger partial charge is 0.348 e. The third kappa shape index (κ3) is 6.58. The predicted octanol–water partition coefficient (Wildman–Crippen LogP) is 4.91. The van der Waals surface area contributed by atoms with Gasteiger partial charge in [-0.2, -0.15) is 13.2 Å². The summed E-state index contributed by atoms with van der Waals surface area (Å²) in [5.41, 5.74) is 2.01. The first kappa shape index (κ1) is 24.3. The summed E-state index contributed by atoms with van der Waals surface area (Å²) in [7, 11) is -3.54. The fraction of sp³-hybridized carbons (Fsp3) is 0.208. The Morgan fingerprint density at radius 2 is 1.61 bits per heavy atom. The van der Waals surface area contributed by atoms with E-state index in [-0.39, 0.29) is 13.1 Å². The molecule has 3 aromatic rings. The molecule has 0 radical (unpaired) electrons. The van der Waals surface area contributed by atoms with E-state index in [0.29, 0.717) is 22.4 Å². The molecule has 3 aromatic carbocycles. The van der Waals surface area contributed by atoms with Crippen LogP contribution >= 0.6 is 0 Å². The number of hydrogen-bond donors (Lipinski definition) is 1. The lowest BCUT2D eigenvalue weighted by Gasteiger charge is -2.23. The molecule has 0 spiro atoms. The number of benzene rings is 3. The van der Waals surface area contributed by atoms with Crippen molar-refractivity contribution in [1.29, 1.82) is 0 Å². The van der Waals surface area contributed by atoms with E-state index in [9.17, 15) is 26.4 Å². The van der Waals surface area contributed by atoms with Gasteiger partial charge in [-0.25, -0.2) is 8.42 Å². The van der Waals surface area contributed by atoms with Crippen LogP contribution in [-0.4, -0.2) is 20.6 Å². The van der Waals surface area contributed by atoms with Gasteiger partial charge in [0.1, 0.15) is 0 Å². The number of hydrogen-bond acceptors (Lipinski definition) is 3. The van der Waals surface area contributed by atoms with E-state index < -0.39 is 27.7 Å². The van der Waals surface area contributed by atoms with Gasteiger partial charge < -0.3 is 5.32 Å². The first-order valence-electron chi connectivity index (χ1n) is 10.0. The monoisotopic (exact) mass is 476 g/mol. The van der Waals surface area contributed by atoms with Crippen LogP contribution in [0.2, 0.25) is 0 Å². The summed E-state index contributed by atoms with van der Waals surface area (Å²) in [5, 5.41) is 2.60. The molecule has 33 heavy (non-hydrogen) atoms. The maximum atomic E-state index is 12.8. The molecule has 0 atom stereocenters. The van der Waals surface area contributed by atoms with Crippen LogP contribution < -0.4 is 9.62 Å². The van der Waals surface area contributed by atoms with Crippen molar-refractivity contribution < 1.29 is 26.4 Å². The van der Waals surface area contributed by atoms with Crippen LogP contribution in [0.1, 0.15) is 32.6 Å². The Morgan fingerprint density at radius 3 is 2.21 bits per heavy atom. The van der Waals surface area contributed by atoms with Crippen molar-refractivity contribution in [3.8, 4) is 0 Å². The molecule has 0 heterocycles. The van der Waals surface area contributed by atoms with Crippen LogP contribution in [0.4, 0.5) is 18.9 Å². The molecule has 0 fully saturated rings. The molecule has 1 N–H and O–H groups in total. The highest BCUT2D eigenvalue weighted by Gasteiger charge is 2.30. The first-order valence-corrected chi connectivity index (χ1v) is 11.9. The average molecular weight is 477 g/mol. The van der Waals surface area contributed by atoms with E-state index in [2.05, 4.69) is 5.32 Å². The molecule has 0 aliphatic carbocycles. The van der Waals surface area contributed by atoms with E-state index >= 15 is 0 Å². The number of carbonyl (C=O) groups is 1. The van der Waals surface area contributed by atoms with Crippen LogP contribution in [0.3, 0.4) is 0 Å². The fourth-order valence-corrected chi connectivity index (χ4v) is 4.13. The van der Waals surface area contributed by atoms with Crippen LogP contribution in [0.5, 0.6) is 0 Å². The number of anilines is 1. The number of rotatable bonds is 7. The zero-order chi connectivity index (χ0) is 24.2. The van der Waals surface area contributed by atoms with Crippen molar-refractivity contribution in [2.24, 2.45) is 0 Å². The minimum Gasteiger partial charge on any atom is -0.348 e. The molecule has 5 nitrogen and oxygen atoms in total. The number of carbonyl (C=O) groups excluding carboxylic acids is 1. The zero-order valence-corrected chi connectivity index (χ0v) is 18.9. The van der Waals surface area contributed by atoms with Crippen molar-refractivity contribution in [3.63, 3.8) is 0 Å². The number of sulfonamides is 1. The van der Waals surface area contributed by atoms with Gasteiger partial charge in [0.15, 0.2) is 0 Å². The van der Waals surface area contributed by atoms with Crippen LogP contribution in [0, 0.1) is 6.92 Å². The normalized spacial score (nSPS) is 11.8. The molecule has 0 unspecified atom stereocenters. The van der Waals surface area contributed by atoms with Gasteiger partial charge in [-0.15, -0.1) is 0 Å². The molecule has 0 aliphatic rings. The molecule has 0 bridgehead atoms. The third-order valence-corrected chi connectivity index (χ3v) is 6.08. The van der Waals surface area contributed by atoms with Gasteiger partial charge in [-0.05, 0) is 60.0 Å². The second-order valence-electron chi connectivity index (χ2n) is 7.69. The Kier molecular flexibility index (Phi) is 7.12. The zero-order valence-electron chi connectivity index (χ0n) is 18.1. The Labute approximate surface area is 190 Å². The largest absolute Gasteiger partial charge is 0.416 e. The van der Waals surface area contributed by atoms with Crippen molar-refractivity contribution in [2.75, 3.05) is 10.6 Å². The van der Waals surface area contributed by atoms with Crippen molar-refractivity contribution in [2.45, 2.75) is 26.2 Å². The molecule has 0 aromatic heterocycles. The van der Waals surface area contributed by atoms with Gasteiger partial charge in [0.05, 0.1) is 24.1 Å². The predicted molar refractivity (Wildman–Crippen MR) is 121 cm³/mol. The fourth-order valence-electron chi connectivity index (χ4n) is 3.25. The second-order valence-corrected chi connectivity index (χ2v) is 9.59. The Balaban J connectivity index is 1.68. The highest BCUT2D eigenvalue weighted by Crippen LogP contribution is 2.29. The Bertz CT molecular complexity index is 1240. The summed E-state index contributed by atoms with van der Waals surface area (Å²) in [5.74, 6) is -0.447. The summed E-state index contributed by atoms with van der Waals surface area (Å²) in [6, 6.07) is 18.3. The van der Waals surface area contributed by atoms with E-state index in [1.807, 2.05) is 13.0 Å². The first-order chi connectivity index (χ1) is 15.4. The SMILES string of the molecule is Cc1cccc(N(Cc2ccc(C(=O)NCc3cccc(C(F)(F)F)c3)cc2)S(C)(=O)=O)c1. The maximum Gasteiger partial charge on any atom is 0.416 e. The summed E-state index contributed by atoms with van der Waals surface area (Å²) < 4.78 is 64.4. The standard InChI is InChI=1S/C24H23F3N2O3S/c1-17-5-3-8-22(13-17)29(33(2,31)32)16-18-9-11-20(12-10-18)23(30)28-15-19-6-4-7-21(14-19)24(25,26)27/h3-14H,15-16H2,1-2H3,(H,28,30). The molecule has 0 aliphatic heterocycles. The van der Waals surface area contributed by atoms with E-state index in [4.69, 9.17) is 0 Å². The quantitative estimate of drug-likeness (QED) is 0.527. The highest BCUT2D eigenvalue weighted by atomic mass is 32.2.